The Labute approximate surface area is 88.9 Å². The fourth-order valence-electron chi connectivity index (χ4n) is 1.82. The summed E-state index contributed by atoms with van der Waals surface area (Å²) in [5, 5.41) is 0. The third kappa shape index (κ3) is 2.23. The van der Waals surface area contributed by atoms with Crippen LogP contribution >= 0.6 is 11.8 Å². The van der Waals surface area contributed by atoms with E-state index in [1.807, 2.05) is 11.8 Å². The molecule has 1 heteroatoms. The predicted octanol–water partition coefficient (Wildman–Crippen LogP) is 4.45. The van der Waals surface area contributed by atoms with E-state index in [2.05, 4.69) is 54.7 Å². The Balaban J connectivity index is 4.95. The second kappa shape index (κ2) is 4.25. The Kier molecular flexibility index (Phi) is 4.36. The van der Waals surface area contributed by atoms with Crippen molar-refractivity contribution in [3.05, 3.63) is 0 Å². The summed E-state index contributed by atoms with van der Waals surface area (Å²) in [6.07, 6.45) is 2.24. The summed E-state index contributed by atoms with van der Waals surface area (Å²) in [6.45, 7) is 16.5. The average molecular weight is 202 g/mol. The van der Waals surface area contributed by atoms with Crippen molar-refractivity contribution in [2.45, 2.75) is 53.2 Å². The molecule has 0 fully saturated rings. The molecule has 0 amide bonds. The number of hydrogen-bond acceptors (Lipinski definition) is 1. The zero-order chi connectivity index (χ0) is 10.9. The van der Waals surface area contributed by atoms with E-state index in [0.717, 1.165) is 11.8 Å². The number of rotatable bonds is 4. The molecule has 0 aromatic rings. The van der Waals surface area contributed by atoms with Gasteiger partial charge >= 0.3 is 0 Å². The van der Waals surface area contributed by atoms with E-state index in [9.17, 15) is 0 Å². The van der Waals surface area contributed by atoms with Crippen molar-refractivity contribution in [2.24, 2.45) is 17.3 Å². The first-order valence-corrected chi connectivity index (χ1v) is 6.47. The highest BCUT2D eigenvalue weighted by molar-refractivity contribution is 8.00. The summed E-state index contributed by atoms with van der Waals surface area (Å²) in [7, 11) is 0. The molecule has 0 rings (SSSR count). The average Bonchev–Trinajstić information content (AvgIpc) is 2.01. The molecule has 0 nitrogen and oxygen atoms in total. The highest BCUT2D eigenvalue weighted by Crippen LogP contribution is 2.50. The van der Waals surface area contributed by atoms with E-state index >= 15 is 0 Å². The Morgan fingerprint density at radius 2 is 1.23 bits per heavy atom. The molecule has 0 aromatic carbocycles. The molecule has 1 unspecified atom stereocenters. The quantitative estimate of drug-likeness (QED) is 0.649. The molecular weight excluding hydrogens is 176 g/mol. The lowest BCUT2D eigenvalue weighted by Crippen LogP contribution is -2.46. The van der Waals surface area contributed by atoms with Crippen LogP contribution in [0.15, 0.2) is 0 Å². The van der Waals surface area contributed by atoms with Crippen LogP contribution < -0.4 is 0 Å². The van der Waals surface area contributed by atoms with Gasteiger partial charge in [0.15, 0.2) is 0 Å². The van der Waals surface area contributed by atoms with Crippen LogP contribution in [0, 0.1) is 17.3 Å². The van der Waals surface area contributed by atoms with Crippen LogP contribution in [0.4, 0.5) is 0 Å². The summed E-state index contributed by atoms with van der Waals surface area (Å²) >= 11 is 2.02. The fourth-order valence-corrected chi connectivity index (χ4v) is 3.05. The molecule has 0 bridgehead atoms. The van der Waals surface area contributed by atoms with Crippen molar-refractivity contribution in [1.29, 1.82) is 0 Å². The van der Waals surface area contributed by atoms with Crippen LogP contribution in [-0.4, -0.2) is 11.0 Å². The van der Waals surface area contributed by atoms with Crippen LogP contribution in [0.2, 0.25) is 0 Å². The van der Waals surface area contributed by atoms with Crippen molar-refractivity contribution in [2.75, 3.05) is 6.26 Å². The Hall–Kier alpha value is 0.350. The monoisotopic (exact) mass is 202 g/mol. The molecule has 0 spiro atoms. The van der Waals surface area contributed by atoms with E-state index < -0.39 is 0 Å². The van der Waals surface area contributed by atoms with E-state index in [4.69, 9.17) is 0 Å². The second-order valence-corrected chi connectivity index (χ2v) is 6.60. The highest BCUT2D eigenvalue weighted by atomic mass is 32.2. The summed E-state index contributed by atoms with van der Waals surface area (Å²) < 4.78 is 0.376. The first kappa shape index (κ1) is 13.4. The van der Waals surface area contributed by atoms with Gasteiger partial charge in [0.05, 0.1) is 0 Å². The minimum absolute atomic E-state index is 0.376. The van der Waals surface area contributed by atoms with Crippen LogP contribution in [0.5, 0.6) is 0 Å². The van der Waals surface area contributed by atoms with Gasteiger partial charge in [-0.25, -0.2) is 0 Å². The number of hydrogen-bond donors (Lipinski definition) is 0. The van der Waals surface area contributed by atoms with Crippen molar-refractivity contribution in [3.63, 3.8) is 0 Å². The van der Waals surface area contributed by atoms with Gasteiger partial charge in [0, 0.05) is 4.75 Å². The second-order valence-electron chi connectivity index (χ2n) is 5.34. The molecular formula is C12H26S. The van der Waals surface area contributed by atoms with E-state index in [-0.39, 0.29) is 0 Å². The maximum absolute atomic E-state index is 2.41. The van der Waals surface area contributed by atoms with Crippen LogP contribution in [-0.2, 0) is 0 Å². The number of thioether (sulfide) groups is 1. The van der Waals surface area contributed by atoms with Gasteiger partial charge < -0.3 is 0 Å². The van der Waals surface area contributed by atoms with Gasteiger partial charge in [0.2, 0.25) is 0 Å². The third-order valence-corrected chi connectivity index (χ3v) is 6.09. The largest absolute Gasteiger partial charge is 0.158 e. The molecule has 0 saturated carbocycles. The van der Waals surface area contributed by atoms with Crippen molar-refractivity contribution < 1.29 is 0 Å². The molecule has 0 aliphatic rings. The molecule has 0 radical (unpaired) electrons. The normalized spacial score (nSPS) is 18.0. The Morgan fingerprint density at radius 1 is 0.846 bits per heavy atom. The van der Waals surface area contributed by atoms with Gasteiger partial charge in [-0.15, -0.1) is 0 Å². The molecule has 13 heavy (non-hydrogen) atoms. The van der Waals surface area contributed by atoms with Gasteiger partial charge in [0.1, 0.15) is 0 Å². The lowest BCUT2D eigenvalue weighted by Gasteiger charge is -2.49. The zero-order valence-corrected chi connectivity index (χ0v) is 11.4. The molecule has 0 saturated heterocycles. The lowest BCUT2D eigenvalue weighted by molar-refractivity contribution is 0.143. The van der Waals surface area contributed by atoms with Gasteiger partial charge in [-0.05, 0) is 30.4 Å². The first-order chi connectivity index (χ1) is 5.70. The maximum Gasteiger partial charge on any atom is 0.0205 e. The van der Waals surface area contributed by atoms with Gasteiger partial charge in [0.25, 0.3) is 0 Å². The minimum atomic E-state index is 0.376. The topological polar surface area (TPSA) is 0 Å². The van der Waals surface area contributed by atoms with Crippen LogP contribution in [0.25, 0.3) is 0 Å². The lowest BCUT2D eigenvalue weighted by atomic mass is 9.66. The molecule has 80 valence electrons. The van der Waals surface area contributed by atoms with Crippen LogP contribution in [0.1, 0.15) is 48.5 Å². The summed E-state index contributed by atoms with van der Waals surface area (Å²) in [4.78, 5) is 0. The molecule has 0 aromatic heterocycles. The van der Waals surface area contributed by atoms with Crippen LogP contribution in [0.3, 0.4) is 0 Å². The van der Waals surface area contributed by atoms with E-state index in [1.165, 1.54) is 0 Å². The molecule has 1 atom stereocenters. The highest BCUT2D eigenvalue weighted by Gasteiger charge is 2.44. The van der Waals surface area contributed by atoms with Gasteiger partial charge in [-0.2, -0.15) is 11.8 Å². The van der Waals surface area contributed by atoms with Crippen molar-refractivity contribution in [3.8, 4) is 0 Å². The summed E-state index contributed by atoms with van der Waals surface area (Å²) in [5.74, 6) is 1.45. The SMILES string of the molecule is CSC(C)(C(C)C)C(C)(C)C(C)C. The van der Waals surface area contributed by atoms with Crippen molar-refractivity contribution in [1.82, 2.24) is 0 Å². The van der Waals surface area contributed by atoms with Gasteiger partial charge in [-0.1, -0.05) is 41.5 Å². The molecule has 0 aliphatic carbocycles. The Morgan fingerprint density at radius 3 is 1.31 bits per heavy atom. The molecule has 0 aliphatic heterocycles. The molecule has 0 heterocycles. The first-order valence-electron chi connectivity index (χ1n) is 5.25. The summed E-state index contributed by atoms with van der Waals surface area (Å²) in [6, 6.07) is 0. The van der Waals surface area contributed by atoms with E-state index in [1.54, 1.807) is 0 Å². The van der Waals surface area contributed by atoms with E-state index in [0.29, 0.717) is 10.2 Å². The molecule has 0 N–H and O–H groups in total. The Bertz CT molecular complexity index is 159. The maximum atomic E-state index is 2.41. The van der Waals surface area contributed by atoms with Crippen molar-refractivity contribution >= 4 is 11.8 Å². The smallest absolute Gasteiger partial charge is 0.0205 e. The summed E-state index contributed by atoms with van der Waals surface area (Å²) in [5.41, 5.74) is 0.389. The minimum Gasteiger partial charge on any atom is -0.158 e. The zero-order valence-electron chi connectivity index (χ0n) is 10.6. The predicted molar refractivity (Wildman–Crippen MR) is 65.4 cm³/mol. The standard InChI is InChI=1S/C12H26S/c1-9(2)11(5,6)12(7,13-8)10(3)4/h9-10H,1-8H3. The third-order valence-electron chi connectivity index (χ3n) is 4.25. The van der Waals surface area contributed by atoms with Gasteiger partial charge in [-0.3, -0.25) is 0 Å². The fraction of sp³-hybridized carbons (Fsp3) is 1.00.